The van der Waals surface area contributed by atoms with Gasteiger partial charge in [0.25, 0.3) is 5.91 Å². The predicted octanol–water partition coefficient (Wildman–Crippen LogP) is 2.62. The van der Waals surface area contributed by atoms with Crippen LogP contribution < -0.4 is 15.0 Å². The molecule has 2 aromatic carbocycles. The molecule has 7 heteroatoms. The van der Waals surface area contributed by atoms with E-state index in [0.29, 0.717) is 23.7 Å². The van der Waals surface area contributed by atoms with Crippen molar-refractivity contribution in [3.05, 3.63) is 54.6 Å². The molecular weight excluding hydrogens is 360 g/mol. The van der Waals surface area contributed by atoms with E-state index < -0.39 is 24.4 Å². The first kappa shape index (κ1) is 19.4. The van der Waals surface area contributed by atoms with Gasteiger partial charge < -0.3 is 19.7 Å². The highest BCUT2D eigenvalue weighted by atomic mass is 16.5. The van der Waals surface area contributed by atoms with E-state index in [4.69, 9.17) is 9.47 Å². The van der Waals surface area contributed by atoms with E-state index in [0.717, 1.165) is 0 Å². The van der Waals surface area contributed by atoms with Crippen LogP contribution in [0.4, 0.5) is 11.4 Å². The topological polar surface area (TPSA) is 84.9 Å². The molecule has 1 aliphatic rings. The quantitative estimate of drug-likeness (QED) is 0.744. The standard InChI is InChI=1S/C21H22N2O5/c1-2-27-18-11-7-6-10-17(18)23-13-15(12-20(23)25)21(26)28-14-19(24)22-16-8-4-3-5-9-16/h3-11,15H,2,12-14H2,1H3,(H,22,24)/t15-/m1/s1. The average Bonchev–Trinajstić information content (AvgIpc) is 3.09. The van der Waals surface area contributed by atoms with Gasteiger partial charge in [0.2, 0.25) is 5.91 Å². The summed E-state index contributed by atoms with van der Waals surface area (Å²) in [6, 6.07) is 16.1. The number of hydrogen-bond donors (Lipinski definition) is 1. The largest absolute Gasteiger partial charge is 0.492 e. The molecule has 0 aromatic heterocycles. The van der Waals surface area contributed by atoms with E-state index >= 15 is 0 Å². The maximum absolute atomic E-state index is 12.4. The first-order chi connectivity index (χ1) is 13.6. The number of nitrogens with zero attached hydrogens (tertiary/aromatic N) is 1. The predicted molar refractivity (Wildman–Crippen MR) is 104 cm³/mol. The number of carbonyl (C=O) groups is 3. The van der Waals surface area contributed by atoms with Crippen molar-refractivity contribution < 1.29 is 23.9 Å². The van der Waals surface area contributed by atoms with E-state index in [2.05, 4.69) is 5.32 Å². The van der Waals surface area contributed by atoms with E-state index in [1.165, 1.54) is 4.90 Å². The van der Waals surface area contributed by atoms with Gasteiger partial charge in [0.15, 0.2) is 6.61 Å². The molecule has 28 heavy (non-hydrogen) atoms. The van der Waals surface area contributed by atoms with Crippen LogP contribution in [0, 0.1) is 5.92 Å². The monoisotopic (exact) mass is 382 g/mol. The van der Waals surface area contributed by atoms with Crippen molar-refractivity contribution in [3.63, 3.8) is 0 Å². The SMILES string of the molecule is CCOc1ccccc1N1C[C@H](C(=O)OCC(=O)Nc2ccccc2)CC1=O. The Morgan fingerprint density at radius 2 is 1.82 bits per heavy atom. The molecule has 7 nitrogen and oxygen atoms in total. The van der Waals surface area contributed by atoms with Crippen LogP contribution in [0.3, 0.4) is 0 Å². The molecule has 1 N–H and O–H groups in total. The fraction of sp³-hybridized carbons (Fsp3) is 0.286. The molecule has 0 radical (unpaired) electrons. The van der Waals surface area contributed by atoms with Crippen LogP contribution in [-0.4, -0.2) is 37.5 Å². The summed E-state index contributed by atoms with van der Waals surface area (Å²) in [5.41, 5.74) is 1.25. The summed E-state index contributed by atoms with van der Waals surface area (Å²) >= 11 is 0. The van der Waals surface area contributed by atoms with Gasteiger partial charge in [-0.05, 0) is 31.2 Å². The molecule has 2 aromatic rings. The van der Waals surface area contributed by atoms with Gasteiger partial charge in [-0.25, -0.2) is 0 Å². The van der Waals surface area contributed by atoms with Crippen molar-refractivity contribution in [2.75, 3.05) is 30.0 Å². The first-order valence-corrected chi connectivity index (χ1v) is 9.12. The molecule has 1 saturated heterocycles. The summed E-state index contributed by atoms with van der Waals surface area (Å²) in [5, 5.41) is 2.64. The third-order valence-electron chi connectivity index (χ3n) is 4.32. The van der Waals surface area contributed by atoms with E-state index in [9.17, 15) is 14.4 Å². The van der Waals surface area contributed by atoms with E-state index in [-0.39, 0.29) is 18.9 Å². The van der Waals surface area contributed by atoms with Gasteiger partial charge in [0.1, 0.15) is 5.75 Å². The maximum atomic E-state index is 12.4. The van der Waals surface area contributed by atoms with Gasteiger partial charge in [-0.15, -0.1) is 0 Å². The third kappa shape index (κ3) is 4.68. The molecule has 1 atom stereocenters. The van der Waals surface area contributed by atoms with Crippen molar-refractivity contribution in [2.24, 2.45) is 5.92 Å². The van der Waals surface area contributed by atoms with Crippen LogP contribution in [0.25, 0.3) is 0 Å². The van der Waals surface area contributed by atoms with Crippen LogP contribution in [0.15, 0.2) is 54.6 Å². The van der Waals surface area contributed by atoms with E-state index in [1.54, 1.807) is 36.4 Å². The van der Waals surface area contributed by atoms with Crippen molar-refractivity contribution in [3.8, 4) is 5.75 Å². The molecular formula is C21H22N2O5. The van der Waals surface area contributed by atoms with Gasteiger partial charge in [0.05, 0.1) is 18.2 Å². The number of para-hydroxylation sites is 3. The van der Waals surface area contributed by atoms with Gasteiger partial charge in [-0.3, -0.25) is 14.4 Å². The average molecular weight is 382 g/mol. The molecule has 0 aliphatic carbocycles. The van der Waals surface area contributed by atoms with Crippen LogP contribution >= 0.6 is 0 Å². The smallest absolute Gasteiger partial charge is 0.311 e. The minimum absolute atomic E-state index is 0.0413. The van der Waals surface area contributed by atoms with Crippen LogP contribution in [0.5, 0.6) is 5.75 Å². The lowest BCUT2D eigenvalue weighted by atomic mass is 10.1. The Bertz CT molecular complexity index is 853. The zero-order valence-electron chi connectivity index (χ0n) is 15.6. The highest BCUT2D eigenvalue weighted by molar-refractivity contribution is 6.01. The van der Waals surface area contributed by atoms with Gasteiger partial charge in [0, 0.05) is 18.7 Å². The minimum Gasteiger partial charge on any atom is -0.492 e. The maximum Gasteiger partial charge on any atom is 0.311 e. The Morgan fingerprint density at radius 1 is 1.11 bits per heavy atom. The number of amides is 2. The molecule has 2 amide bonds. The Hall–Kier alpha value is -3.35. The van der Waals surface area contributed by atoms with Crippen molar-refractivity contribution in [1.29, 1.82) is 0 Å². The fourth-order valence-electron chi connectivity index (χ4n) is 3.03. The lowest BCUT2D eigenvalue weighted by molar-refractivity contribution is -0.151. The van der Waals surface area contributed by atoms with Crippen LogP contribution in [0.1, 0.15) is 13.3 Å². The lowest BCUT2D eigenvalue weighted by Crippen LogP contribution is -2.28. The molecule has 1 fully saturated rings. The second-order valence-electron chi connectivity index (χ2n) is 6.33. The summed E-state index contributed by atoms with van der Waals surface area (Å²) in [5.74, 6) is -1.19. The molecule has 1 heterocycles. The second-order valence-corrected chi connectivity index (χ2v) is 6.33. The highest BCUT2D eigenvalue weighted by Gasteiger charge is 2.37. The Morgan fingerprint density at radius 3 is 2.57 bits per heavy atom. The summed E-state index contributed by atoms with van der Waals surface area (Å²) in [7, 11) is 0. The Labute approximate surface area is 163 Å². The number of hydrogen-bond acceptors (Lipinski definition) is 5. The van der Waals surface area contributed by atoms with Gasteiger partial charge in [-0.2, -0.15) is 0 Å². The highest BCUT2D eigenvalue weighted by Crippen LogP contribution is 2.33. The van der Waals surface area contributed by atoms with Gasteiger partial charge >= 0.3 is 5.97 Å². The number of rotatable bonds is 7. The summed E-state index contributed by atoms with van der Waals surface area (Å²) < 4.78 is 10.7. The zero-order valence-corrected chi connectivity index (χ0v) is 15.6. The van der Waals surface area contributed by atoms with Crippen molar-refractivity contribution >= 4 is 29.2 Å². The third-order valence-corrected chi connectivity index (χ3v) is 4.32. The first-order valence-electron chi connectivity index (χ1n) is 9.12. The minimum atomic E-state index is -0.619. The molecule has 0 bridgehead atoms. The number of carbonyl (C=O) groups excluding carboxylic acids is 3. The summed E-state index contributed by atoms with van der Waals surface area (Å²) in [6.45, 7) is 2.14. The molecule has 0 saturated carbocycles. The fourth-order valence-corrected chi connectivity index (χ4v) is 3.03. The zero-order chi connectivity index (χ0) is 19.9. The second kappa shape index (κ2) is 9.03. The summed E-state index contributed by atoms with van der Waals surface area (Å²) in [4.78, 5) is 38.2. The number of benzene rings is 2. The number of anilines is 2. The molecule has 146 valence electrons. The van der Waals surface area contributed by atoms with E-state index in [1.807, 2.05) is 25.1 Å². The molecule has 0 unspecified atom stereocenters. The van der Waals surface area contributed by atoms with Crippen molar-refractivity contribution in [1.82, 2.24) is 0 Å². The number of esters is 1. The molecule has 0 spiro atoms. The Kier molecular flexibility index (Phi) is 6.26. The van der Waals surface area contributed by atoms with Crippen LogP contribution in [-0.2, 0) is 19.1 Å². The summed E-state index contributed by atoms with van der Waals surface area (Å²) in [6.07, 6.45) is 0.0413. The van der Waals surface area contributed by atoms with Crippen LogP contribution in [0.2, 0.25) is 0 Å². The number of nitrogens with one attached hydrogen (secondary N) is 1. The van der Waals surface area contributed by atoms with Crippen molar-refractivity contribution in [2.45, 2.75) is 13.3 Å². The lowest BCUT2D eigenvalue weighted by Gasteiger charge is -2.19. The molecule has 3 rings (SSSR count). The Balaban J connectivity index is 1.56. The van der Waals surface area contributed by atoms with Gasteiger partial charge in [-0.1, -0.05) is 30.3 Å². The molecule has 1 aliphatic heterocycles. The number of ether oxygens (including phenoxy) is 2. The normalized spacial score (nSPS) is 16.0.